The molecule has 0 aromatic heterocycles. The number of rotatable bonds is 7. The standard InChI is InChI=1S/C16H13F2NO5/c17-12(18)9-22-13(20)8-14(23-11-4-2-1-3-5-11)24-15(21)16(10-19)6-7-16/h1-5,8,12H,6-7,9H2/b14-8-. The number of hydrogen-bond donors (Lipinski definition) is 0. The topological polar surface area (TPSA) is 85.6 Å². The van der Waals surface area contributed by atoms with Gasteiger partial charge in [0.25, 0.3) is 12.4 Å². The van der Waals surface area contributed by atoms with Gasteiger partial charge in [-0.15, -0.1) is 0 Å². The molecule has 0 N–H and O–H groups in total. The summed E-state index contributed by atoms with van der Waals surface area (Å²) in [4.78, 5) is 23.5. The molecule has 0 heterocycles. The molecule has 0 spiro atoms. The van der Waals surface area contributed by atoms with Gasteiger partial charge < -0.3 is 14.2 Å². The summed E-state index contributed by atoms with van der Waals surface area (Å²) >= 11 is 0. The molecular weight excluding hydrogens is 324 g/mol. The Morgan fingerprint density at radius 2 is 1.96 bits per heavy atom. The van der Waals surface area contributed by atoms with E-state index in [1.807, 2.05) is 6.07 Å². The average Bonchev–Trinajstić information content (AvgIpc) is 3.35. The van der Waals surface area contributed by atoms with Gasteiger partial charge in [0.05, 0.1) is 6.07 Å². The second-order valence-electron chi connectivity index (χ2n) is 4.98. The predicted octanol–water partition coefficient (Wildman–Crippen LogP) is 2.56. The second-order valence-corrected chi connectivity index (χ2v) is 4.98. The summed E-state index contributed by atoms with van der Waals surface area (Å²) in [7, 11) is 0. The smallest absolute Gasteiger partial charge is 0.338 e. The third-order valence-corrected chi connectivity index (χ3v) is 3.10. The quantitative estimate of drug-likeness (QED) is 0.432. The molecule has 2 rings (SSSR count). The molecule has 6 nitrogen and oxygen atoms in total. The van der Waals surface area contributed by atoms with Crippen LogP contribution in [0.25, 0.3) is 0 Å². The molecule has 0 unspecified atom stereocenters. The SMILES string of the molecule is N#CC1(C(=O)O/C(=C\C(=O)OCC(F)F)Oc2ccccc2)CC1. The summed E-state index contributed by atoms with van der Waals surface area (Å²) in [6.07, 6.45) is -1.49. The van der Waals surface area contributed by atoms with Crippen molar-refractivity contribution in [3.63, 3.8) is 0 Å². The molecule has 24 heavy (non-hydrogen) atoms. The fourth-order valence-corrected chi connectivity index (χ4v) is 1.64. The molecule has 8 heteroatoms. The van der Waals surface area contributed by atoms with E-state index >= 15 is 0 Å². The summed E-state index contributed by atoms with van der Waals surface area (Å²) in [5.41, 5.74) is -1.24. The van der Waals surface area contributed by atoms with Crippen molar-refractivity contribution >= 4 is 11.9 Å². The average molecular weight is 337 g/mol. The number of halogens is 2. The second kappa shape index (κ2) is 7.55. The van der Waals surface area contributed by atoms with Crippen LogP contribution in [0.5, 0.6) is 5.75 Å². The van der Waals surface area contributed by atoms with E-state index in [-0.39, 0.29) is 5.75 Å². The van der Waals surface area contributed by atoms with Crippen molar-refractivity contribution in [1.29, 1.82) is 5.26 Å². The van der Waals surface area contributed by atoms with Gasteiger partial charge in [-0.1, -0.05) is 18.2 Å². The number of nitrogens with zero attached hydrogens (tertiary/aromatic N) is 1. The predicted molar refractivity (Wildman–Crippen MR) is 75.5 cm³/mol. The van der Waals surface area contributed by atoms with E-state index < -0.39 is 36.3 Å². The number of hydrogen-bond acceptors (Lipinski definition) is 6. The Morgan fingerprint density at radius 3 is 2.50 bits per heavy atom. The number of esters is 2. The first-order chi connectivity index (χ1) is 11.4. The monoisotopic (exact) mass is 337 g/mol. The Kier molecular flexibility index (Phi) is 5.47. The van der Waals surface area contributed by atoms with Gasteiger partial charge in [0, 0.05) is 0 Å². The molecule has 0 saturated heterocycles. The highest BCUT2D eigenvalue weighted by Gasteiger charge is 2.53. The Labute approximate surface area is 136 Å². The number of ether oxygens (including phenoxy) is 3. The van der Waals surface area contributed by atoms with E-state index in [9.17, 15) is 18.4 Å². The van der Waals surface area contributed by atoms with Gasteiger partial charge in [-0.05, 0) is 25.0 Å². The van der Waals surface area contributed by atoms with Crippen LogP contribution in [0.1, 0.15) is 12.8 Å². The first kappa shape index (κ1) is 17.4. The van der Waals surface area contributed by atoms with E-state index in [1.54, 1.807) is 18.2 Å². The van der Waals surface area contributed by atoms with Gasteiger partial charge in [0.2, 0.25) is 0 Å². The van der Waals surface area contributed by atoms with Crippen LogP contribution in [0.15, 0.2) is 42.4 Å². The number of benzene rings is 1. The first-order valence-corrected chi connectivity index (χ1v) is 6.98. The van der Waals surface area contributed by atoms with Gasteiger partial charge in [-0.25, -0.2) is 18.4 Å². The summed E-state index contributed by atoms with van der Waals surface area (Å²) in [6.45, 7) is -1.09. The Hall–Kier alpha value is -2.95. The number of nitriles is 1. The highest BCUT2D eigenvalue weighted by molar-refractivity contribution is 5.86. The van der Waals surface area contributed by atoms with E-state index in [2.05, 4.69) is 4.74 Å². The maximum Gasteiger partial charge on any atom is 0.338 e. The molecule has 0 amide bonds. The van der Waals surface area contributed by atoms with E-state index in [4.69, 9.17) is 14.7 Å². The molecule has 0 bridgehead atoms. The molecule has 126 valence electrons. The lowest BCUT2D eigenvalue weighted by molar-refractivity contribution is -0.147. The number of para-hydroxylation sites is 1. The maximum absolute atomic E-state index is 12.0. The van der Waals surface area contributed by atoms with Gasteiger partial charge in [0.1, 0.15) is 11.8 Å². The van der Waals surface area contributed by atoms with Crippen molar-refractivity contribution in [1.82, 2.24) is 0 Å². The van der Waals surface area contributed by atoms with Crippen LogP contribution in [0.2, 0.25) is 0 Å². The molecule has 0 radical (unpaired) electrons. The van der Waals surface area contributed by atoms with Crippen molar-refractivity contribution in [3.8, 4) is 11.8 Å². The molecule has 0 atom stereocenters. The lowest BCUT2D eigenvalue weighted by Gasteiger charge is -2.12. The molecule has 1 fully saturated rings. The van der Waals surface area contributed by atoms with Crippen LogP contribution in [-0.2, 0) is 19.1 Å². The highest BCUT2D eigenvalue weighted by Crippen LogP contribution is 2.46. The lowest BCUT2D eigenvalue weighted by Crippen LogP contribution is -2.20. The Morgan fingerprint density at radius 1 is 1.29 bits per heavy atom. The number of carbonyl (C=O) groups is 2. The minimum Gasteiger partial charge on any atom is -0.456 e. The molecule has 1 aromatic rings. The van der Waals surface area contributed by atoms with Crippen LogP contribution in [-0.4, -0.2) is 25.0 Å². The first-order valence-electron chi connectivity index (χ1n) is 6.98. The molecule has 1 aromatic carbocycles. The van der Waals surface area contributed by atoms with Gasteiger partial charge in [0.15, 0.2) is 12.0 Å². The van der Waals surface area contributed by atoms with E-state index in [1.165, 1.54) is 12.1 Å². The number of carbonyl (C=O) groups excluding carboxylic acids is 2. The van der Waals surface area contributed by atoms with E-state index in [0.29, 0.717) is 18.9 Å². The van der Waals surface area contributed by atoms with Gasteiger partial charge in [-0.3, -0.25) is 0 Å². The van der Waals surface area contributed by atoms with Gasteiger partial charge in [-0.2, -0.15) is 5.26 Å². The largest absolute Gasteiger partial charge is 0.456 e. The molecule has 1 aliphatic rings. The van der Waals surface area contributed by atoms with Crippen molar-refractivity contribution < 1.29 is 32.6 Å². The Bertz CT molecular complexity index is 677. The third kappa shape index (κ3) is 4.78. The Balaban J connectivity index is 2.10. The molecular formula is C16H13F2NO5. The van der Waals surface area contributed by atoms with Crippen LogP contribution >= 0.6 is 0 Å². The fraction of sp³-hybridized carbons (Fsp3) is 0.312. The third-order valence-electron chi connectivity index (χ3n) is 3.10. The minimum absolute atomic E-state index is 0.250. The van der Waals surface area contributed by atoms with Gasteiger partial charge >= 0.3 is 11.9 Å². The summed E-state index contributed by atoms with van der Waals surface area (Å²) in [5, 5.41) is 8.97. The van der Waals surface area contributed by atoms with E-state index in [0.717, 1.165) is 0 Å². The maximum atomic E-state index is 12.0. The van der Waals surface area contributed by atoms with Crippen LogP contribution in [0.4, 0.5) is 8.78 Å². The lowest BCUT2D eigenvalue weighted by atomic mass is 10.1. The van der Waals surface area contributed by atoms with Crippen LogP contribution < -0.4 is 4.74 Å². The van der Waals surface area contributed by atoms with Crippen molar-refractivity contribution in [3.05, 3.63) is 42.4 Å². The van der Waals surface area contributed by atoms with Crippen LogP contribution in [0, 0.1) is 16.7 Å². The zero-order chi connectivity index (χ0) is 17.6. The molecule has 1 saturated carbocycles. The van der Waals surface area contributed by atoms with Crippen molar-refractivity contribution in [2.45, 2.75) is 19.3 Å². The summed E-state index contributed by atoms with van der Waals surface area (Å²) in [5.74, 6) is -2.32. The molecule has 0 aliphatic heterocycles. The minimum atomic E-state index is -2.82. The van der Waals surface area contributed by atoms with Crippen LogP contribution in [0.3, 0.4) is 0 Å². The normalized spacial score (nSPS) is 15.3. The summed E-state index contributed by atoms with van der Waals surface area (Å²) < 4.78 is 38.6. The fourth-order valence-electron chi connectivity index (χ4n) is 1.64. The molecule has 1 aliphatic carbocycles. The van der Waals surface area contributed by atoms with Crippen molar-refractivity contribution in [2.24, 2.45) is 5.41 Å². The summed E-state index contributed by atoms with van der Waals surface area (Å²) in [6, 6.07) is 9.90. The number of alkyl halides is 2. The van der Waals surface area contributed by atoms with Crippen molar-refractivity contribution in [2.75, 3.05) is 6.61 Å². The highest BCUT2D eigenvalue weighted by atomic mass is 19.3. The zero-order valence-corrected chi connectivity index (χ0v) is 12.4. The zero-order valence-electron chi connectivity index (χ0n) is 12.4.